The first kappa shape index (κ1) is 17.5. The summed E-state index contributed by atoms with van der Waals surface area (Å²) in [6, 6.07) is 20.4. The Morgan fingerprint density at radius 1 is 1.08 bits per heavy atom. The van der Waals surface area contributed by atoms with Gasteiger partial charge in [0.2, 0.25) is 0 Å². The van der Waals surface area contributed by atoms with Crippen molar-refractivity contribution in [3.63, 3.8) is 0 Å². The highest BCUT2D eigenvalue weighted by atomic mass is 16.3. The number of nitriles is 1. The summed E-state index contributed by atoms with van der Waals surface area (Å²) in [6.45, 7) is 0. The molecule has 0 radical (unpaired) electrons. The Morgan fingerprint density at radius 3 is 2.46 bits per heavy atom. The van der Waals surface area contributed by atoms with Gasteiger partial charge >= 0.3 is 0 Å². The van der Waals surface area contributed by atoms with Gasteiger partial charge in [0, 0.05) is 11.6 Å². The maximum atomic E-state index is 10.1. The van der Waals surface area contributed by atoms with Gasteiger partial charge in [-0.05, 0) is 42.2 Å². The Labute approximate surface area is 152 Å². The van der Waals surface area contributed by atoms with E-state index in [1.807, 2.05) is 30.3 Å². The van der Waals surface area contributed by atoms with Crippen LogP contribution in [0.3, 0.4) is 0 Å². The molecule has 5 nitrogen and oxygen atoms in total. The van der Waals surface area contributed by atoms with Crippen molar-refractivity contribution < 1.29 is 5.11 Å². The van der Waals surface area contributed by atoms with E-state index < -0.39 is 0 Å². The predicted molar refractivity (Wildman–Crippen MR) is 102 cm³/mol. The number of aromatic nitrogens is 1. The van der Waals surface area contributed by atoms with Gasteiger partial charge in [-0.3, -0.25) is 0 Å². The zero-order valence-corrected chi connectivity index (χ0v) is 14.3. The lowest BCUT2D eigenvalue weighted by atomic mass is 9.95. The maximum absolute atomic E-state index is 10.1. The fourth-order valence-corrected chi connectivity index (χ4v) is 2.95. The summed E-state index contributed by atoms with van der Waals surface area (Å²) in [4.78, 5) is 4.28. The molecule has 0 fully saturated rings. The molecule has 0 aliphatic heterocycles. The number of hydrogen-bond donors (Lipinski definition) is 3. The van der Waals surface area contributed by atoms with Crippen LogP contribution in [0.1, 0.15) is 29.2 Å². The first-order chi connectivity index (χ1) is 12.6. The molecule has 0 unspecified atom stereocenters. The molecule has 0 spiro atoms. The number of anilines is 1. The van der Waals surface area contributed by atoms with Crippen LogP contribution in [0, 0.1) is 11.3 Å². The van der Waals surface area contributed by atoms with E-state index in [-0.39, 0.29) is 17.6 Å². The zero-order valence-electron chi connectivity index (χ0n) is 14.3. The highest BCUT2D eigenvalue weighted by molar-refractivity contribution is 5.71. The van der Waals surface area contributed by atoms with Crippen molar-refractivity contribution in [1.29, 1.82) is 5.26 Å². The number of aryl methyl sites for hydroxylation is 1. The standard InChI is InChI=1S/C21H20N4O/c22-13-17-16(18(23)11-10-14-6-2-1-3-7-14)12-19(25-21(17)24)15-8-4-5-9-20(15)26/h1-9,12,18,26H,10-11,23H2,(H2,24,25)/t18-/m0/s1. The molecule has 0 aliphatic carbocycles. The quantitative estimate of drug-likeness (QED) is 0.656. The molecule has 5 N–H and O–H groups in total. The van der Waals surface area contributed by atoms with Crippen LogP contribution < -0.4 is 11.5 Å². The van der Waals surface area contributed by atoms with Crippen molar-refractivity contribution in [1.82, 2.24) is 4.98 Å². The summed E-state index contributed by atoms with van der Waals surface area (Å²) >= 11 is 0. The zero-order chi connectivity index (χ0) is 18.5. The Kier molecular flexibility index (Phi) is 5.16. The summed E-state index contributed by atoms with van der Waals surface area (Å²) in [7, 11) is 0. The minimum absolute atomic E-state index is 0.105. The third-order valence-electron chi connectivity index (χ3n) is 4.36. The van der Waals surface area contributed by atoms with E-state index in [0.29, 0.717) is 28.8 Å². The molecule has 5 heteroatoms. The Balaban J connectivity index is 1.94. The molecule has 2 aromatic carbocycles. The second kappa shape index (κ2) is 7.68. The van der Waals surface area contributed by atoms with Gasteiger partial charge in [0.15, 0.2) is 0 Å². The Bertz CT molecular complexity index is 948. The number of phenols is 1. The van der Waals surface area contributed by atoms with Crippen LogP contribution in [0.25, 0.3) is 11.3 Å². The number of benzene rings is 2. The molecule has 26 heavy (non-hydrogen) atoms. The van der Waals surface area contributed by atoms with E-state index in [9.17, 15) is 10.4 Å². The maximum Gasteiger partial charge on any atom is 0.142 e. The van der Waals surface area contributed by atoms with E-state index in [1.165, 1.54) is 5.56 Å². The molecule has 0 amide bonds. The van der Waals surface area contributed by atoms with Gasteiger partial charge in [-0.15, -0.1) is 0 Å². The molecule has 1 atom stereocenters. The number of pyridine rings is 1. The minimum atomic E-state index is -0.361. The number of nitrogens with zero attached hydrogens (tertiary/aromatic N) is 2. The van der Waals surface area contributed by atoms with Crippen LogP contribution in [0.2, 0.25) is 0 Å². The third kappa shape index (κ3) is 3.66. The van der Waals surface area contributed by atoms with Crippen LogP contribution in [0.4, 0.5) is 5.82 Å². The molecule has 0 aliphatic rings. The van der Waals surface area contributed by atoms with Gasteiger partial charge in [0.1, 0.15) is 17.6 Å². The molecule has 0 bridgehead atoms. The van der Waals surface area contributed by atoms with Crippen molar-refractivity contribution >= 4 is 5.82 Å². The van der Waals surface area contributed by atoms with Crippen LogP contribution in [0.5, 0.6) is 5.75 Å². The number of nitrogens with two attached hydrogens (primary N) is 2. The second-order valence-corrected chi connectivity index (χ2v) is 6.12. The average molecular weight is 344 g/mol. The number of hydrogen-bond acceptors (Lipinski definition) is 5. The lowest BCUT2D eigenvalue weighted by Gasteiger charge is -2.16. The molecule has 1 heterocycles. The average Bonchev–Trinajstić information content (AvgIpc) is 2.66. The molecule has 0 saturated heterocycles. The molecule has 3 rings (SSSR count). The first-order valence-corrected chi connectivity index (χ1v) is 8.38. The summed E-state index contributed by atoms with van der Waals surface area (Å²) < 4.78 is 0. The van der Waals surface area contributed by atoms with Gasteiger partial charge in [-0.2, -0.15) is 5.26 Å². The molecular weight excluding hydrogens is 324 g/mol. The predicted octanol–water partition coefficient (Wildman–Crippen LogP) is 3.54. The SMILES string of the molecule is N#Cc1c([C@@H](N)CCc2ccccc2)cc(-c2ccccc2O)nc1N. The van der Waals surface area contributed by atoms with E-state index in [0.717, 1.165) is 6.42 Å². The van der Waals surface area contributed by atoms with Crippen LogP contribution >= 0.6 is 0 Å². The highest BCUT2D eigenvalue weighted by Crippen LogP contribution is 2.32. The van der Waals surface area contributed by atoms with Crippen molar-refractivity contribution in [2.24, 2.45) is 5.73 Å². The van der Waals surface area contributed by atoms with Gasteiger partial charge < -0.3 is 16.6 Å². The smallest absolute Gasteiger partial charge is 0.142 e. The molecule has 3 aromatic rings. The van der Waals surface area contributed by atoms with Gasteiger partial charge in [-0.1, -0.05) is 42.5 Å². The summed E-state index contributed by atoms with van der Waals surface area (Å²) in [6.07, 6.45) is 1.46. The second-order valence-electron chi connectivity index (χ2n) is 6.12. The Morgan fingerprint density at radius 2 is 1.77 bits per heavy atom. The lowest BCUT2D eigenvalue weighted by molar-refractivity contribution is 0.477. The van der Waals surface area contributed by atoms with Crippen molar-refractivity contribution in [2.45, 2.75) is 18.9 Å². The van der Waals surface area contributed by atoms with Gasteiger partial charge in [0.05, 0.1) is 11.3 Å². The number of phenolic OH excluding ortho intramolecular Hbond substituents is 1. The monoisotopic (exact) mass is 344 g/mol. The van der Waals surface area contributed by atoms with Crippen LogP contribution in [0.15, 0.2) is 60.7 Å². The number of nitrogen functional groups attached to an aromatic ring is 1. The van der Waals surface area contributed by atoms with Gasteiger partial charge in [-0.25, -0.2) is 4.98 Å². The van der Waals surface area contributed by atoms with E-state index >= 15 is 0 Å². The minimum Gasteiger partial charge on any atom is -0.507 e. The number of aromatic hydroxyl groups is 1. The lowest BCUT2D eigenvalue weighted by Crippen LogP contribution is -2.15. The van der Waals surface area contributed by atoms with E-state index in [4.69, 9.17) is 11.5 Å². The molecule has 0 saturated carbocycles. The first-order valence-electron chi connectivity index (χ1n) is 8.38. The van der Waals surface area contributed by atoms with E-state index in [1.54, 1.807) is 30.3 Å². The van der Waals surface area contributed by atoms with Crippen LogP contribution in [-0.4, -0.2) is 10.1 Å². The molecule has 130 valence electrons. The van der Waals surface area contributed by atoms with Crippen molar-refractivity contribution in [2.75, 3.05) is 5.73 Å². The summed E-state index contributed by atoms with van der Waals surface area (Å²) in [5, 5.41) is 19.6. The number of rotatable bonds is 5. The fourth-order valence-electron chi connectivity index (χ4n) is 2.95. The van der Waals surface area contributed by atoms with Crippen molar-refractivity contribution in [3.05, 3.63) is 77.4 Å². The largest absolute Gasteiger partial charge is 0.507 e. The van der Waals surface area contributed by atoms with Gasteiger partial charge in [0.25, 0.3) is 0 Å². The topological polar surface area (TPSA) is 109 Å². The van der Waals surface area contributed by atoms with E-state index in [2.05, 4.69) is 11.1 Å². The van der Waals surface area contributed by atoms with Crippen molar-refractivity contribution in [3.8, 4) is 23.1 Å². The third-order valence-corrected chi connectivity index (χ3v) is 4.36. The fraction of sp³-hybridized carbons (Fsp3) is 0.143. The normalized spacial score (nSPS) is 11.7. The Hall–Kier alpha value is -3.36. The number of para-hydroxylation sites is 1. The highest BCUT2D eigenvalue weighted by Gasteiger charge is 2.18. The summed E-state index contributed by atoms with van der Waals surface area (Å²) in [5.74, 6) is 0.228. The molecule has 1 aromatic heterocycles. The molecular formula is C21H20N4O. The van der Waals surface area contributed by atoms with Crippen LogP contribution in [-0.2, 0) is 6.42 Å². The summed E-state index contributed by atoms with van der Waals surface area (Å²) in [5.41, 5.74) is 15.6.